The van der Waals surface area contributed by atoms with Crippen molar-refractivity contribution in [3.63, 3.8) is 0 Å². The van der Waals surface area contributed by atoms with Crippen LogP contribution in [0.5, 0.6) is 5.75 Å². The van der Waals surface area contributed by atoms with Gasteiger partial charge >= 0.3 is 0 Å². The summed E-state index contributed by atoms with van der Waals surface area (Å²) in [5.74, 6) is 0.763. The second-order valence-corrected chi connectivity index (χ2v) is 7.09. The summed E-state index contributed by atoms with van der Waals surface area (Å²) in [4.78, 5) is 27.2. The summed E-state index contributed by atoms with van der Waals surface area (Å²) in [6, 6.07) is 5.55. The number of aromatic hydroxyl groups is 1. The zero-order valence-corrected chi connectivity index (χ0v) is 16.8. The number of nitrogens with two attached hydrogens (primary N) is 2. The molecule has 1 amide bonds. The first kappa shape index (κ1) is 21.4. The number of phenolic OH excluding ortho intramolecular Hbond substituents is 1. The lowest BCUT2D eigenvalue weighted by atomic mass is 9.98. The first-order chi connectivity index (χ1) is 13.2. The lowest BCUT2D eigenvalue weighted by molar-refractivity contribution is -0.124. The molecule has 0 fully saturated rings. The molecule has 2 aromatic rings. The molecule has 1 aromatic carbocycles. The van der Waals surface area contributed by atoms with Gasteiger partial charge in [-0.1, -0.05) is 32.4 Å². The van der Waals surface area contributed by atoms with E-state index in [4.69, 9.17) is 11.5 Å². The number of amides is 1. The average Bonchev–Trinajstić information content (AvgIpc) is 2.67. The maximum absolute atomic E-state index is 12.7. The van der Waals surface area contributed by atoms with E-state index in [2.05, 4.69) is 20.3 Å². The van der Waals surface area contributed by atoms with Gasteiger partial charge in [0.25, 0.3) is 0 Å². The highest BCUT2D eigenvalue weighted by atomic mass is 16.3. The molecule has 6 N–H and O–H groups in total. The fourth-order valence-electron chi connectivity index (χ4n) is 2.61. The number of rotatable bonds is 8. The molecule has 0 aliphatic carbocycles. The molecule has 0 radical (unpaired) electrons. The van der Waals surface area contributed by atoms with E-state index in [1.165, 1.54) is 0 Å². The summed E-state index contributed by atoms with van der Waals surface area (Å²) in [5, 5.41) is 12.5. The molecule has 3 unspecified atom stereocenters. The highest BCUT2D eigenvalue weighted by Gasteiger charge is 2.25. The number of anilines is 2. The minimum Gasteiger partial charge on any atom is -0.508 e. The van der Waals surface area contributed by atoms with E-state index < -0.39 is 12.1 Å². The predicted octanol–water partition coefficient (Wildman–Crippen LogP) is 0.999. The van der Waals surface area contributed by atoms with Gasteiger partial charge in [0.2, 0.25) is 17.8 Å². The molecular formula is C19H29N7O2. The molecule has 0 spiro atoms. The van der Waals surface area contributed by atoms with Crippen molar-refractivity contribution in [3.05, 3.63) is 35.7 Å². The van der Waals surface area contributed by atoms with Crippen molar-refractivity contribution in [1.82, 2.24) is 20.3 Å². The zero-order chi connectivity index (χ0) is 20.8. The van der Waals surface area contributed by atoms with E-state index in [1.807, 2.05) is 13.8 Å². The van der Waals surface area contributed by atoms with E-state index in [-0.39, 0.29) is 23.5 Å². The van der Waals surface area contributed by atoms with Crippen LogP contribution in [0.2, 0.25) is 0 Å². The standard InChI is InChI=1S/C19H29N7O2/c1-5-11(2)15(20)17(28)22-14(10-12-6-8-13(27)9-7-12)16-23-18(21)25-19(24-16)26(3)4/h6-9,11,14-15,27H,5,10,20H2,1-4H3,(H,22,28)(H2,21,23,24,25). The van der Waals surface area contributed by atoms with Crippen molar-refractivity contribution in [3.8, 4) is 5.75 Å². The summed E-state index contributed by atoms with van der Waals surface area (Å²) in [7, 11) is 3.59. The summed E-state index contributed by atoms with van der Waals surface area (Å²) < 4.78 is 0. The maximum Gasteiger partial charge on any atom is 0.237 e. The Bertz CT molecular complexity index is 795. The number of nitrogen functional groups attached to an aromatic ring is 1. The number of benzene rings is 1. The van der Waals surface area contributed by atoms with Gasteiger partial charge in [0.05, 0.1) is 12.1 Å². The van der Waals surface area contributed by atoms with E-state index in [9.17, 15) is 9.90 Å². The number of nitrogens with one attached hydrogen (secondary N) is 1. The van der Waals surface area contributed by atoms with E-state index in [0.29, 0.717) is 18.2 Å². The highest BCUT2D eigenvalue weighted by molar-refractivity contribution is 5.82. The smallest absolute Gasteiger partial charge is 0.237 e. The molecule has 0 bridgehead atoms. The van der Waals surface area contributed by atoms with Gasteiger partial charge < -0.3 is 26.8 Å². The molecule has 0 saturated heterocycles. The Hall–Kier alpha value is -2.94. The third-order valence-corrected chi connectivity index (χ3v) is 4.62. The normalized spacial score (nSPS) is 14.2. The molecule has 0 aliphatic rings. The molecule has 9 nitrogen and oxygen atoms in total. The van der Waals surface area contributed by atoms with Crippen molar-refractivity contribution in [2.24, 2.45) is 11.7 Å². The predicted molar refractivity (Wildman–Crippen MR) is 109 cm³/mol. The van der Waals surface area contributed by atoms with Gasteiger partial charge in [0.1, 0.15) is 5.75 Å². The third kappa shape index (κ3) is 5.53. The Balaban J connectivity index is 2.35. The Kier molecular flexibility index (Phi) is 7.11. The molecule has 0 aliphatic heterocycles. The number of hydrogen-bond donors (Lipinski definition) is 4. The van der Waals surface area contributed by atoms with Crippen LogP contribution < -0.4 is 21.7 Å². The van der Waals surface area contributed by atoms with Gasteiger partial charge in [-0.2, -0.15) is 15.0 Å². The molecule has 0 saturated carbocycles. The second-order valence-electron chi connectivity index (χ2n) is 7.09. The van der Waals surface area contributed by atoms with Crippen LogP contribution in [-0.4, -0.2) is 46.1 Å². The lowest BCUT2D eigenvalue weighted by Gasteiger charge is -2.23. The monoisotopic (exact) mass is 387 g/mol. The van der Waals surface area contributed by atoms with E-state index in [1.54, 1.807) is 43.3 Å². The minimum absolute atomic E-state index is 0.0371. The molecule has 9 heteroatoms. The summed E-state index contributed by atoms with van der Waals surface area (Å²) in [6.07, 6.45) is 1.20. The van der Waals surface area contributed by atoms with Crippen molar-refractivity contribution in [1.29, 1.82) is 0 Å². The zero-order valence-electron chi connectivity index (χ0n) is 16.8. The number of hydrogen-bond acceptors (Lipinski definition) is 8. The number of carbonyl (C=O) groups is 1. The Labute approximate surface area is 165 Å². The van der Waals surface area contributed by atoms with Gasteiger partial charge in [-0.15, -0.1) is 0 Å². The van der Waals surface area contributed by atoms with Crippen LogP contribution in [0, 0.1) is 5.92 Å². The number of aromatic nitrogens is 3. The van der Waals surface area contributed by atoms with Crippen molar-refractivity contribution in [2.75, 3.05) is 24.7 Å². The third-order valence-electron chi connectivity index (χ3n) is 4.62. The lowest BCUT2D eigenvalue weighted by Crippen LogP contribution is -2.46. The minimum atomic E-state index is -0.639. The van der Waals surface area contributed by atoms with Gasteiger partial charge in [0.15, 0.2) is 5.82 Å². The van der Waals surface area contributed by atoms with Crippen LogP contribution in [0.1, 0.15) is 37.7 Å². The van der Waals surface area contributed by atoms with Crippen molar-refractivity contribution < 1.29 is 9.90 Å². The van der Waals surface area contributed by atoms with Crippen LogP contribution in [0.15, 0.2) is 24.3 Å². The summed E-state index contributed by atoms with van der Waals surface area (Å²) in [6.45, 7) is 3.92. The van der Waals surface area contributed by atoms with E-state index in [0.717, 1.165) is 12.0 Å². The number of carbonyl (C=O) groups excluding carboxylic acids is 1. The van der Waals surface area contributed by atoms with Crippen LogP contribution in [0.3, 0.4) is 0 Å². The molecule has 1 aromatic heterocycles. The van der Waals surface area contributed by atoms with Crippen LogP contribution >= 0.6 is 0 Å². The fraction of sp³-hybridized carbons (Fsp3) is 0.474. The fourth-order valence-corrected chi connectivity index (χ4v) is 2.61. The quantitative estimate of drug-likeness (QED) is 0.525. The molecular weight excluding hydrogens is 358 g/mol. The van der Waals surface area contributed by atoms with E-state index >= 15 is 0 Å². The second kappa shape index (κ2) is 9.32. The van der Waals surface area contributed by atoms with Crippen LogP contribution in [0.4, 0.5) is 11.9 Å². The van der Waals surface area contributed by atoms with Gasteiger partial charge in [-0.05, 0) is 30.0 Å². The van der Waals surface area contributed by atoms with Gasteiger partial charge in [-0.25, -0.2) is 0 Å². The average molecular weight is 387 g/mol. The van der Waals surface area contributed by atoms with Gasteiger partial charge in [-0.3, -0.25) is 4.79 Å². The van der Waals surface area contributed by atoms with Crippen LogP contribution in [-0.2, 0) is 11.2 Å². The van der Waals surface area contributed by atoms with Gasteiger partial charge in [0, 0.05) is 14.1 Å². The molecule has 28 heavy (non-hydrogen) atoms. The number of nitrogens with zero attached hydrogens (tertiary/aromatic N) is 4. The SMILES string of the molecule is CCC(C)C(N)C(=O)NC(Cc1ccc(O)cc1)c1nc(N)nc(N(C)C)n1. The number of phenols is 1. The highest BCUT2D eigenvalue weighted by Crippen LogP contribution is 2.20. The maximum atomic E-state index is 12.7. The molecule has 1 heterocycles. The first-order valence-electron chi connectivity index (χ1n) is 9.23. The Morgan fingerprint density at radius 2 is 1.86 bits per heavy atom. The Morgan fingerprint density at radius 1 is 1.21 bits per heavy atom. The topological polar surface area (TPSA) is 143 Å². The summed E-state index contributed by atoms with van der Waals surface area (Å²) in [5.41, 5.74) is 12.8. The molecule has 152 valence electrons. The Morgan fingerprint density at radius 3 is 2.43 bits per heavy atom. The molecule has 2 rings (SSSR count). The molecule has 3 atom stereocenters. The van der Waals surface area contributed by atoms with Crippen molar-refractivity contribution >= 4 is 17.8 Å². The first-order valence-corrected chi connectivity index (χ1v) is 9.23. The van der Waals surface area contributed by atoms with Crippen LogP contribution in [0.25, 0.3) is 0 Å². The van der Waals surface area contributed by atoms with Crippen molar-refractivity contribution in [2.45, 2.75) is 38.8 Å². The largest absolute Gasteiger partial charge is 0.508 e. The summed E-state index contributed by atoms with van der Waals surface area (Å²) >= 11 is 0.